The molecule has 1 heterocycles. The summed E-state index contributed by atoms with van der Waals surface area (Å²) in [5, 5.41) is 3.11. The van der Waals surface area contributed by atoms with Crippen LogP contribution in [0.1, 0.15) is 87.1 Å². The van der Waals surface area contributed by atoms with E-state index in [0.717, 1.165) is 55.8 Å². The fourth-order valence-corrected chi connectivity index (χ4v) is 4.63. The van der Waals surface area contributed by atoms with Crippen molar-refractivity contribution in [3.8, 4) is 0 Å². The minimum atomic E-state index is 0.123. The molecule has 28 heavy (non-hydrogen) atoms. The van der Waals surface area contributed by atoms with Crippen LogP contribution in [-0.2, 0) is 11.3 Å². The van der Waals surface area contributed by atoms with Crippen molar-refractivity contribution >= 4 is 11.8 Å². The van der Waals surface area contributed by atoms with Gasteiger partial charge in [-0.25, -0.2) is 0 Å². The Morgan fingerprint density at radius 3 is 2.54 bits per heavy atom. The lowest BCUT2D eigenvalue weighted by Crippen LogP contribution is -2.35. The molecule has 1 aromatic rings. The Labute approximate surface area is 170 Å². The molecule has 1 aliphatic heterocycles. The van der Waals surface area contributed by atoms with E-state index in [9.17, 15) is 9.59 Å². The molecule has 1 saturated heterocycles. The summed E-state index contributed by atoms with van der Waals surface area (Å²) in [6.45, 7) is 4.48. The molecule has 154 valence electrons. The third-order valence-electron chi connectivity index (χ3n) is 6.47. The number of carbonyl (C=O) groups excluding carboxylic acids is 2. The van der Waals surface area contributed by atoms with Gasteiger partial charge in [-0.05, 0) is 68.6 Å². The molecular formula is C24H36N2O2. The lowest BCUT2D eigenvalue weighted by Gasteiger charge is -2.28. The van der Waals surface area contributed by atoms with Gasteiger partial charge in [-0.2, -0.15) is 0 Å². The second kappa shape index (κ2) is 10.6. The number of likely N-dealkylation sites (tertiary alicyclic amines) is 1. The topological polar surface area (TPSA) is 49.4 Å². The minimum absolute atomic E-state index is 0.123. The standard InChI is InChI=1S/C24H36N2O2/c1-2-3-8-19-11-13-21(14-12-19)23(27)25-18-20-9-7-10-22(17-20)24(28)26-15-5-4-6-16-26/h7,9-10,17,19,21H,2-6,8,11-16,18H2,1H3,(H,25,27). The van der Waals surface area contributed by atoms with Crippen LogP contribution in [0, 0.1) is 11.8 Å². The Hall–Kier alpha value is -1.84. The summed E-state index contributed by atoms with van der Waals surface area (Å²) < 4.78 is 0. The number of benzene rings is 1. The van der Waals surface area contributed by atoms with Crippen LogP contribution in [0.2, 0.25) is 0 Å². The SMILES string of the molecule is CCCCC1CCC(C(=O)NCc2cccc(C(=O)N3CCCCC3)c2)CC1. The average molecular weight is 385 g/mol. The number of hydrogen-bond donors (Lipinski definition) is 1. The van der Waals surface area contributed by atoms with Crippen molar-refractivity contribution in [1.82, 2.24) is 10.2 Å². The van der Waals surface area contributed by atoms with Crippen molar-refractivity contribution < 1.29 is 9.59 Å². The second-order valence-electron chi connectivity index (χ2n) is 8.63. The molecule has 0 atom stereocenters. The van der Waals surface area contributed by atoms with Crippen molar-refractivity contribution in [2.24, 2.45) is 11.8 Å². The second-order valence-corrected chi connectivity index (χ2v) is 8.63. The Bertz CT molecular complexity index is 644. The normalized spacial score (nSPS) is 22.7. The summed E-state index contributed by atoms with van der Waals surface area (Å²) in [4.78, 5) is 27.2. The summed E-state index contributed by atoms with van der Waals surface area (Å²) in [5.41, 5.74) is 1.75. The molecule has 4 heteroatoms. The van der Waals surface area contributed by atoms with Crippen LogP contribution in [0.15, 0.2) is 24.3 Å². The van der Waals surface area contributed by atoms with E-state index in [2.05, 4.69) is 12.2 Å². The molecule has 1 aromatic carbocycles. The highest BCUT2D eigenvalue weighted by Crippen LogP contribution is 2.32. The van der Waals surface area contributed by atoms with Crippen LogP contribution in [0.5, 0.6) is 0 Å². The van der Waals surface area contributed by atoms with Gasteiger partial charge in [0.15, 0.2) is 0 Å². The van der Waals surface area contributed by atoms with Crippen molar-refractivity contribution in [2.45, 2.75) is 77.7 Å². The average Bonchev–Trinajstić information content (AvgIpc) is 2.76. The van der Waals surface area contributed by atoms with Crippen LogP contribution >= 0.6 is 0 Å². The van der Waals surface area contributed by atoms with Crippen LogP contribution < -0.4 is 5.32 Å². The summed E-state index contributed by atoms with van der Waals surface area (Å²) in [6, 6.07) is 7.76. The van der Waals surface area contributed by atoms with Crippen molar-refractivity contribution in [1.29, 1.82) is 0 Å². The molecule has 0 spiro atoms. The van der Waals surface area contributed by atoms with E-state index in [1.807, 2.05) is 29.2 Å². The van der Waals surface area contributed by atoms with Crippen LogP contribution in [0.25, 0.3) is 0 Å². The molecule has 1 N–H and O–H groups in total. The molecule has 4 nitrogen and oxygen atoms in total. The molecule has 0 aromatic heterocycles. The maximum Gasteiger partial charge on any atom is 0.253 e. The van der Waals surface area contributed by atoms with Gasteiger partial charge in [-0.3, -0.25) is 9.59 Å². The number of amides is 2. The number of piperidine rings is 1. The first-order valence-corrected chi connectivity index (χ1v) is 11.3. The van der Waals surface area contributed by atoms with Crippen LogP contribution in [0.3, 0.4) is 0 Å². The van der Waals surface area contributed by atoms with E-state index >= 15 is 0 Å². The first-order chi connectivity index (χ1) is 13.7. The number of carbonyl (C=O) groups is 2. The van der Waals surface area contributed by atoms with Crippen molar-refractivity contribution in [3.05, 3.63) is 35.4 Å². The first-order valence-electron chi connectivity index (χ1n) is 11.3. The molecule has 2 fully saturated rings. The lowest BCUT2D eigenvalue weighted by molar-refractivity contribution is -0.126. The van der Waals surface area contributed by atoms with Gasteiger partial charge >= 0.3 is 0 Å². The number of unbranched alkanes of at least 4 members (excludes halogenated alkanes) is 1. The molecule has 2 amide bonds. The van der Waals surface area contributed by atoms with E-state index < -0.39 is 0 Å². The van der Waals surface area contributed by atoms with Gasteiger partial charge in [0.2, 0.25) is 5.91 Å². The number of nitrogens with zero attached hydrogens (tertiary/aromatic N) is 1. The summed E-state index contributed by atoms with van der Waals surface area (Å²) >= 11 is 0. The fourth-order valence-electron chi connectivity index (χ4n) is 4.63. The summed E-state index contributed by atoms with van der Waals surface area (Å²) in [5.74, 6) is 1.29. The summed E-state index contributed by atoms with van der Waals surface area (Å²) in [7, 11) is 0. The van der Waals surface area contributed by atoms with Crippen molar-refractivity contribution in [2.75, 3.05) is 13.1 Å². The Morgan fingerprint density at radius 2 is 1.82 bits per heavy atom. The molecule has 1 aliphatic carbocycles. The van der Waals surface area contributed by atoms with E-state index in [-0.39, 0.29) is 17.7 Å². The number of hydrogen-bond acceptors (Lipinski definition) is 2. The summed E-state index contributed by atoms with van der Waals surface area (Å²) in [6.07, 6.45) is 11.7. The zero-order valence-electron chi connectivity index (χ0n) is 17.4. The quantitative estimate of drug-likeness (QED) is 0.725. The first kappa shape index (κ1) is 20.9. The Morgan fingerprint density at radius 1 is 1.07 bits per heavy atom. The van der Waals surface area contributed by atoms with E-state index in [0.29, 0.717) is 6.54 Å². The molecular weight excluding hydrogens is 348 g/mol. The van der Waals surface area contributed by atoms with E-state index in [1.54, 1.807) is 0 Å². The zero-order chi connectivity index (χ0) is 19.8. The van der Waals surface area contributed by atoms with Crippen molar-refractivity contribution in [3.63, 3.8) is 0 Å². The minimum Gasteiger partial charge on any atom is -0.352 e. The third-order valence-corrected chi connectivity index (χ3v) is 6.47. The third kappa shape index (κ3) is 5.83. The largest absolute Gasteiger partial charge is 0.352 e. The maximum absolute atomic E-state index is 12.7. The molecule has 2 aliphatic rings. The molecule has 1 saturated carbocycles. The van der Waals surface area contributed by atoms with Crippen LogP contribution in [-0.4, -0.2) is 29.8 Å². The van der Waals surface area contributed by atoms with Gasteiger partial charge in [0.05, 0.1) is 0 Å². The zero-order valence-corrected chi connectivity index (χ0v) is 17.4. The van der Waals surface area contributed by atoms with Crippen LogP contribution in [0.4, 0.5) is 0 Å². The van der Waals surface area contributed by atoms with Gasteiger partial charge < -0.3 is 10.2 Å². The monoisotopic (exact) mass is 384 g/mol. The van der Waals surface area contributed by atoms with Gasteiger partial charge in [0, 0.05) is 31.1 Å². The highest BCUT2D eigenvalue weighted by molar-refractivity contribution is 5.94. The predicted molar refractivity (Wildman–Crippen MR) is 113 cm³/mol. The fraction of sp³-hybridized carbons (Fsp3) is 0.667. The predicted octanol–water partition coefficient (Wildman–Crippen LogP) is 4.93. The van der Waals surface area contributed by atoms with Gasteiger partial charge in [0.25, 0.3) is 5.91 Å². The Balaban J connectivity index is 1.47. The van der Waals surface area contributed by atoms with Gasteiger partial charge in [-0.1, -0.05) is 38.3 Å². The van der Waals surface area contributed by atoms with Gasteiger partial charge in [0.1, 0.15) is 0 Å². The lowest BCUT2D eigenvalue weighted by atomic mass is 9.79. The van der Waals surface area contributed by atoms with E-state index in [4.69, 9.17) is 0 Å². The molecule has 0 unspecified atom stereocenters. The van der Waals surface area contributed by atoms with E-state index in [1.165, 1.54) is 38.5 Å². The number of rotatable bonds is 7. The molecule has 0 bridgehead atoms. The Kier molecular flexibility index (Phi) is 7.93. The smallest absolute Gasteiger partial charge is 0.253 e. The van der Waals surface area contributed by atoms with Gasteiger partial charge in [-0.15, -0.1) is 0 Å². The molecule has 0 radical (unpaired) electrons. The highest BCUT2D eigenvalue weighted by atomic mass is 16.2. The molecule has 3 rings (SSSR count). The highest BCUT2D eigenvalue weighted by Gasteiger charge is 2.26. The number of nitrogens with one attached hydrogen (secondary N) is 1. The maximum atomic E-state index is 12.7.